The summed E-state index contributed by atoms with van der Waals surface area (Å²) in [5.41, 5.74) is 2.17. The SMILES string of the molecule is O=C1OC(=O)c2ccc(-c3nnc(-c4ccccc4)o3)c3cccc1c23. The van der Waals surface area contributed by atoms with Crippen LogP contribution in [0.5, 0.6) is 0 Å². The van der Waals surface area contributed by atoms with Crippen molar-refractivity contribution in [2.75, 3.05) is 0 Å². The summed E-state index contributed by atoms with van der Waals surface area (Å²) in [5.74, 6) is -0.586. The third-order valence-electron chi connectivity index (χ3n) is 4.34. The quantitative estimate of drug-likeness (QED) is 0.406. The zero-order valence-electron chi connectivity index (χ0n) is 13.3. The Morgan fingerprint density at radius 2 is 1.35 bits per heavy atom. The van der Waals surface area contributed by atoms with Gasteiger partial charge in [0.15, 0.2) is 0 Å². The number of benzene rings is 3. The minimum atomic E-state index is -0.652. The number of carbonyl (C=O) groups is 2. The molecule has 0 fully saturated rings. The van der Waals surface area contributed by atoms with E-state index in [1.807, 2.05) is 36.4 Å². The van der Waals surface area contributed by atoms with Crippen molar-refractivity contribution in [3.63, 3.8) is 0 Å². The molecule has 0 radical (unpaired) electrons. The van der Waals surface area contributed by atoms with Gasteiger partial charge in [0, 0.05) is 16.5 Å². The summed E-state index contributed by atoms with van der Waals surface area (Å²) in [4.78, 5) is 24.0. The third-order valence-corrected chi connectivity index (χ3v) is 4.34. The van der Waals surface area contributed by atoms with E-state index in [-0.39, 0.29) is 0 Å². The zero-order valence-corrected chi connectivity index (χ0v) is 13.3. The van der Waals surface area contributed by atoms with Crippen LogP contribution >= 0.6 is 0 Å². The number of nitrogens with zero attached hydrogens (tertiary/aromatic N) is 2. The molecule has 2 heterocycles. The summed E-state index contributed by atoms with van der Waals surface area (Å²) < 4.78 is 10.6. The predicted molar refractivity (Wildman–Crippen MR) is 92.4 cm³/mol. The predicted octanol–water partition coefficient (Wildman–Crippen LogP) is 3.87. The van der Waals surface area contributed by atoms with Crippen LogP contribution in [0.1, 0.15) is 20.7 Å². The maximum absolute atomic E-state index is 12.0. The zero-order chi connectivity index (χ0) is 17.7. The second-order valence-electron chi connectivity index (χ2n) is 5.84. The van der Waals surface area contributed by atoms with Crippen molar-refractivity contribution in [1.82, 2.24) is 10.2 Å². The van der Waals surface area contributed by atoms with Gasteiger partial charge in [0.2, 0.25) is 11.8 Å². The fourth-order valence-corrected chi connectivity index (χ4v) is 3.16. The van der Waals surface area contributed by atoms with Crippen LogP contribution in [-0.2, 0) is 4.74 Å². The molecular weight excluding hydrogens is 332 g/mol. The van der Waals surface area contributed by atoms with Gasteiger partial charge in [-0.15, -0.1) is 10.2 Å². The molecule has 6 nitrogen and oxygen atoms in total. The first kappa shape index (κ1) is 14.5. The number of carbonyl (C=O) groups excluding carboxylic acids is 2. The number of ether oxygens (including phenoxy) is 1. The Hall–Kier alpha value is -3.80. The molecule has 0 aliphatic carbocycles. The van der Waals surface area contributed by atoms with Crippen LogP contribution in [-0.4, -0.2) is 22.1 Å². The van der Waals surface area contributed by atoms with Gasteiger partial charge in [0.25, 0.3) is 0 Å². The molecule has 0 bridgehead atoms. The summed E-state index contributed by atoms with van der Waals surface area (Å²) in [7, 11) is 0. The number of esters is 2. The van der Waals surface area contributed by atoms with Gasteiger partial charge in [-0.3, -0.25) is 0 Å². The Kier molecular flexibility index (Phi) is 2.99. The first-order valence-electron chi connectivity index (χ1n) is 7.94. The van der Waals surface area contributed by atoms with E-state index in [0.29, 0.717) is 39.2 Å². The second kappa shape index (κ2) is 5.35. The van der Waals surface area contributed by atoms with E-state index in [4.69, 9.17) is 9.15 Å². The molecule has 1 aliphatic rings. The molecule has 5 rings (SSSR count). The van der Waals surface area contributed by atoms with Crippen LogP contribution in [0.15, 0.2) is 65.1 Å². The molecule has 0 unspecified atom stereocenters. The molecule has 1 aliphatic heterocycles. The van der Waals surface area contributed by atoms with Gasteiger partial charge < -0.3 is 9.15 Å². The first-order valence-corrected chi connectivity index (χ1v) is 7.94. The van der Waals surface area contributed by atoms with Crippen LogP contribution in [0.4, 0.5) is 0 Å². The maximum Gasteiger partial charge on any atom is 0.346 e. The van der Waals surface area contributed by atoms with E-state index in [2.05, 4.69) is 10.2 Å². The van der Waals surface area contributed by atoms with Gasteiger partial charge in [-0.05, 0) is 35.7 Å². The molecule has 0 saturated carbocycles. The van der Waals surface area contributed by atoms with E-state index in [1.54, 1.807) is 24.3 Å². The maximum atomic E-state index is 12.0. The Balaban J connectivity index is 1.73. The van der Waals surface area contributed by atoms with Gasteiger partial charge >= 0.3 is 11.9 Å². The van der Waals surface area contributed by atoms with Crippen molar-refractivity contribution < 1.29 is 18.7 Å². The number of rotatable bonds is 2. The molecular formula is C20H10N2O4. The lowest BCUT2D eigenvalue weighted by molar-refractivity contribution is 0.0391. The molecule has 4 aromatic rings. The number of hydrogen-bond acceptors (Lipinski definition) is 6. The molecule has 3 aromatic carbocycles. The monoisotopic (exact) mass is 342 g/mol. The molecule has 0 saturated heterocycles. The van der Waals surface area contributed by atoms with Crippen molar-refractivity contribution in [2.45, 2.75) is 0 Å². The van der Waals surface area contributed by atoms with Crippen LogP contribution in [0.2, 0.25) is 0 Å². The average molecular weight is 342 g/mol. The van der Waals surface area contributed by atoms with Crippen molar-refractivity contribution in [2.24, 2.45) is 0 Å². The van der Waals surface area contributed by atoms with E-state index >= 15 is 0 Å². The number of aromatic nitrogens is 2. The highest BCUT2D eigenvalue weighted by atomic mass is 16.6. The van der Waals surface area contributed by atoms with Crippen molar-refractivity contribution in [3.8, 4) is 22.9 Å². The van der Waals surface area contributed by atoms with Crippen LogP contribution in [0.3, 0.4) is 0 Å². The lowest BCUT2D eigenvalue weighted by Gasteiger charge is -2.16. The summed E-state index contributed by atoms with van der Waals surface area (Å²) in [6, 6.07) is 18.0. The van der Waals surface area contributed by atoms with Gasteiger partial charge in [-0.1, -0.05) is 30.3 Å². The summed E-state index contributed by atoms with van der Waals surface area (Å²) in [6.07, 6.45) is 0. The lowest BCUT2D eigenvalue weighted by atomic mass is 9.94. The summed E-state index contributed by atoms with van der Waals surface area (Å²) >= 11 is 0. The molecule has 6 heteroatoms. The lowest BCUT2D eigenvalue weighted by Crippen LogP contribution is -2.19. The molecule has 124 valence electrons. The third kappa shape index (κ3) is 2.05. The van der Waals surface area contributed by atoms with Crippen LogP contribution in [0, 0.1) is 0 Å². The molecule has 1 aromatic heterocycles. The van der Waals surface area contributed by atoms with Crippen molar-refractivity contribution >= 4 is 22.7 Å². The summed E-state index contributed by atoms with van der Waals surface area (Å²) in [6.45, 7) is 0. The van der Waals surface area contributed by atoms with Gasteiger partial charge in [0.1, 0.15) is 0 Å². The molecule has 0 amide bonds. The molecule has 26 heavy (non-hydrogen) atoms. The highest BCUT2D eigenvalue weighted by Gasteiger charge is 2.28. The molecule has 0 spiro atoms. The fourth-order valence-electron chi connectivity index (χ4n) is 3.16. The highest BCUT2D eigenvalue weighted by molar-refractivity contribution is 6.22. The smallest absolute Gasteiger partial charge is 0.346 e. The fraction of sp³-hybridized carbons (Fsp3) is 0. The van der Waals surface area contributed by atoms with E-state index < -0.39 is 11.9 Å². The summed E-state index contributed by atoms with van der Waals surface area (Å²) in [5, 5.41) is 9.47. The topological polar surface area (TPSA) is 82.3 Å². The van der Waals surface area contributed by atoms with Crippen LogP contribution < -0.4 is 0 Å². The largest absolute Gasteiger partial charge is 0.416 e. The molecule has 0 N–H and O–H groups in total. The Labute approximate surface area is 147 Å². The van der Waals surface area contributed by atoms with Gasteiger partial charge in [-0.2, -0.15) is 0 Å². The second-order valence-corrected chi connectivity index (χ2v) is 5.84. The normalized spacial score (nSPS) is 13.1. The van der Waals surface area contributed by atoms with Gasteiger partial charge in [-0.25, -0.2) is 9.59 Å². The van der Waals surface area contributed by atoms with Gasteiger partial charge in [0.05, 0.1) is 11.1 Å². The standard InChI is InChI=1S/C20H10N2O4/c23-19-14-8-4-7-12-13(9-10-15(16(12)14)20(24)26-19)18-22-21-17(25-18)11-5-2-1-3-6-11/h1-10H. The number of hydrogen-bond donors (Lipinski definition) is 0. The Morgan fingerprint density at radius 3 is 2.15 bits per heavy atom. The van der Waals surface area contributed by atoms with Crippen molar-refractivity contribution in [1.29, 1.82) is 0 Å². The van der Waals surface area contributed by atoms with Crippen molar-refractivity contribution in [3.05, 3.63) is 71.8 Å². The number of cyclic esters (lactones) is 2. The minimum absolute atomic E-state index is 0.318. The van der Waals surface area contributed by atoms with Crippen LogP contribution in [0.25, 0.3) is 33.7 Å². The van der Waals surface area contributed by atoms with E-state index in [0.717, 1.165) is 5.56 Å². The minimum Gasteiger partial charge on any atom is -0.416 e. The highest BCUT2D eigenvalue weighted by Crippen LogP contribution is 2.35. The first-order chi connectivity index (χ1) is 12.7. The van der Waals surface area contributed by atoms with E-state index in [1.165, 1.54) is 0 Å². The van der Waals surface area contributed by atoms with E-state index in [9.17, 15) is 9.59 Å². The Bertz CT molecular complexity index is 1170. The average Bonchev–Trinajstić information content (AvgIpc) is 3.16. The Morgan fingerprint density at radius 1 is 0.654 bits per heavy atom. The molecule has 0 atom stereocenters.